The number of rotatable bonds is 5. The molecule has 0 amide bonds. The van der Waals surface area contributed by atoms with Crippen LogP contribution in [0.25, 0.3) is 10.9 Å². The van der Waals surface area contributed by atoms with Gasteiger partial charge in [-0.15, -0.1) is 0 Å². The van der Waals surface area contributed by atoms with Gasteiger partial charge in [-0.2, -0.15) is 0 Å². The van der Waals surface area contributed by atoms with Crippen molar-refractivity contribution in [3.8, 4) is 0 Å². The molecule has 18 heavy (non-hydrogen) atoms. The number of hydrogen-bond donors (Lipinski definition) is 3. The number of nitrogens with zero attached hydrogens (tertiary/aromatic N) is 2. The number of hydrogen-bond acceptors (Lipinski definition) is 5. The van der Waals surface area contributed by atoms with E-state index in [1.54, 1.807) is 13.1 Å². The van der Waals surface area contributed by atoms with Crippen LogP contribution in [0.15, 0.2) is 30.5 Å². The first-order valence-electron chi connectivity index (χ1n) is 5.84. The Morgan fingerprint density at radius 1 is 1.22 bits per heavy atom. The molecule has 0 aliphatic rings. The van der Waals surface area contributed by atoms with E-state index in [4.69, 9.17) is 0 Å². The number of fused-ring (bicyclic) bond motifs is 1. The first kappa shape index (κ1) is 12.7. The van der Waals surface area contributed by atoms with Gasteiger partial charge in [0.05, 0.1) is 18.7 Å². The van der Waals surface area contributed by atoms with Gasteiger partial charge in [0.2, 0.25) is 5.95 Å². The molecule has 0 spiro atoms. The number of nitrogens with one attached hydrogen (secondary N) is 1. The van der Waals surface area contributed by atoms with Gasteiger partial charge in [-0.3, -0.25) is 0 Å². The third kappa shape index (κ3) is 2.75. The van der Waals surface area contributed by atoms with Gasteiger partial charge in [0.15, 0.2) is 0 Å². The molecule has 0 atom stereocenters. The Hall–Kier alpha value is -1.72. The summed E-state index contributed by atoms with van der Waals surface area (Å²) in [5.41, 5.74) is 0.291. The Balaban J connectivity index is 2.12. The van der Waals surface area contributed by atoms with E-state index in [2.05, 4.69) is 15.3 Å². The smallest absolute Gasteiger partial charge is 0.223 e. The van der Waals surface area contributed by atoms with Crippen LogP contribution in [0.2, 0.25) is 0 Å². The standard InChI is InChI=1S/C13H17N3O2/c1-13(8-17,9-18)7-15-12-14-6-10-4-2-3-5-11(10)16-12/h2-6,17-18H,7-9H2,1H3,(H,14,15,16). The van der Waals surface area contributed by atoms with Crippen LogP contribution >= 0.6 is 0 Å². The minimum atomic E-state index is -0.574. The van der Waals surface area contributed by atoms with Crippen LogP contribution in [0.3, 0.4) is 0 Å². The highest BCUT2D eigenvalue weighted by atomic mass is 16.3. The van der Waals surface area contributed by atoms with E-state index >= 15 is 0 Å². The van der Waals surface area contributed by atoms with Gasteiger partial charge in [-0.05, 0) is 6.07 Å². The Morgan fingerprint density at radius 2 is 1.94 bits per heavy atom. The highest BCUT2D eigenvalue weighted by Crippen LogP contribution is 2.16. The summed E-state index contributed by atoms with van der Waals surface area (Å²) in [6.45, 7) is 2.02. The number of aliphatic hydroxyl groups is 2. The number of anilines is 1. The van der Waals surface area contributed by atoms with Crippen LogP contribution < -0.4 is 5.32 Å². The van der Waals surface area contributed by atoms with Gasteiger partial charge in [0.25, 0.3) is 0 Å². The number of para-hydroxylation sites is 1. The fraction of sp³-hybridized carbons (Fsp3) is 0.385. The second-order valence-corrected chi connectivity index (χ2v) is 4.73. The van der Waals surface area contributed by atoms with Gasteiger partial charge in [0.1, 0.15) is 0 Å². The summed E-state index contributed by atoms with van der Waals surface area (Å²) in [6, 6.07) is 7.72. The maximum atomic E-state index is 9.19. The van der Waals surface area contributed by atoms with Crippen LogP contribution in [-0.4, -0.2) is 39.9 Å². The Morgan fingerprint density at radius 3 is 2.67 bits per heavy atom. The number of benzene rings is 1. The molecule has 0 aliphatic heterocycles. The average Bonchev–Trinajstić information content (AvgIpc) is 2.44. The zero-order valence-electron chi connectivity index (χ0n) is 10.3. The monoisotopic (exact) mass is 247 g/mol. The second kappa shape index (κ2) is 5.29. The predicted molar refractivity (Wildman–Crippen MR) is 70.3 cm³/mol. The Labute approximate surface area is 106 Å². The van der Waals surface area contributed by atoms with E-state index in [1.165, 1.54) is 0 Å². The second-order valence-electron chi connectivity index (χ2n) is 4.73. The number of aliphatic hydroxyl groups excluding tert-OH is 2. The van der Waals surface area contributed by atoms with E-state index in [0.717, 1.165) is 10.9 Å². The zero-order chi connectivity index (χ0) is 13.0. The molecule has 1 aromatic heterocycles. The van der Waals surface area contributed by atoms with Crippen LogP contribution in [-0.2, 0) is 0 Å². The topological polar surface area (TPSA) is 78.3 Å². The van der Waals surface area contributed by atoms with Crippen molar-refractivity contribution in [2.45, 2.75) is 6.92 Å². The summed E-state index contributed by atoms with van der Waals surface area (Å²) >= 11 is 0. The van der Waals surface area contributed by atoms with Crippen molar-refractivity contribution in [1.82, 2.24) is 9.97 Å². The van der Waals surface area contributed by atoms with Gasteiger partial charge in [-0.25, -0.2) is 9.97 Å². The third-order valence-electron chi connectivity index (χ3n) is 2.93. The largest absolute Gasteiger partial charge is 0.396 e. The molecule has 2 rings (SSSR count). The molecular formula is C13H17N3O2. The summed E-state index contributed by atoms with van der Waals surface area (Å²) in [7, 11) is 0. The van der Waals surface area contributed by atoms with Crippen LogP contribution in [0.5, 0.6) is 0 Å². The molecule has 0 fully saturated rings. The maximum absolute atomic E-state index is 9.19. The lowest BCUT2D eigenvalue weighted by atomic mass is 9.93. The maximum Gasteiger partial charge on any atom is 0.223 e. The fourth-order valence-corrected chi connectivity index (χ4v) is 1.51. The van der Waals surface area contributed by atoms with E-state index in [-0.39, 0.29) is 13.2 Å². The first-order chi connectivity index (χ1) is 8.67. The average molecular weight is 247 g/mol. The molecule has 2 aromatic rings. The molecule has 1 heterocycles. The molecule has 0 bridgehead atoms. The minimum Gasteiger partial charge on any atom is -0.396 e. The van der Waals surface area contributed by atoms with Crippen molar-refractivity contribution in [2.75, 3.05) is 25.1 Å². The first-order valence-corrected chi connectivity index (χ1v) is 5.84. The van der Waals surface area contributed by atoms with Crippen molar-refractivity contribution in [3.63, 3.8) is 0 Å². The molecule has 0 unspecified atom stereocenters. The predicted octanol–water partition coefficient (Wildman–Crippen LogP) is 1.03. The lowest BCUT2D eigenvalue weighted by Crippen LogP contribution is -2.34. The minimum absolute atomic E-state index is 0.0932. The van der Waals surface area contributed by atoms with Crippen molar-refractivity contribution in [2.24, 2.45) is 5.41 Å². The van der Waals surface area contributed by atoms with E-state index in [1.807, 2.05) is 24.3 Å². The lowest BCUT2D eigenvalue weighted by molar-refractivity contribution is 0.0805. The molecule has 0 radical (unpaired) electrons. The van der Waals surface area contributed by atoms with Gasteiger partial charge in [0, 0.05) is 23.5 Å². The molecule has 0 saturated heterocycles. The molecule has 0 saturated carbocycles. The quantitative estimate of drug-likeness (QED) is 0.735. The normalized spacial score (nSPS) is 11.7. The highest BCUT2D eigenvalue weighted by molar-refractivity contribution is 5.78. The summed E-state index contributed by atoms with van der Waals surface area (Å²) in [5.74, 6) is 0.502. The van der Waals surface area contributed by atoms with Crippen LogP contribution in [0.1, 0.15) is 6.92 Å². The molecule has 5 nitrogen and oxygen atoms in total. The van der Waals surface area contributed by atoms with Crippen LogP contribution in [0, 0.1) is 5.41 Å². The fourth-order valence-electron chi connectivity index (χ4n) is 1.51. The van der Waals surface area contributed by atoms with Crippen molar-refractivity contribution in [3.05, 3.63) is 30.5 Å². The van der Waals surface area contributed by atoms with Gasteiger partial charge >= 0.3 is 0 Å². The molecule has 1 aromatic carbocycles. The molecule has 96 valence electrons. The Bertz CT molecular complexity index is 526. The van der Waals surface area contributed by atoms with Gasteiger partial charge in [-0.1, -0.05) is 25.1 Å². The summed E-state index contributed by atoms with van der Waals surface area (Å²) < 4.78 is 0. The zero-order valence-corrected chi connectivity index (χ0v) is 10.3. The highest BCUT2D eigenvalue weighted by Gasteiger charge is 2.22. The van der Waals surface area contributed by atoms with Crippen molar-refractivity contribution >= 4 is 16.9 Å². The SMILES string of the molecule is CC(CO)(CO)CNc1ncc2ccccc2n1. The molecule has 3 N–H and O–H groups in total. The van der Waals surface area contributed by atoms with Crippen molar-refractivity contribution < 1.29 is 10.2 Å². The van der Waals surface area contributed by atoms with Crippen LogP contribution in [0.4, 0.5) is 5.95 Å². The molecular weight excluding hydrogens is 230 g/mol. The van der Waals surface area contributed by atoms with E-state index in [0.29, 0.717) is 12.5 Å². The molecule has 0 aliphatic carbocycles. The summed E-state index contributed by atoms with van der Waals surface area (Å²) in [4.78, 5) is 8.55. The van der Waals surface area contributed by atoms with Gasteiger partial charge < -0.3 is 15.5 Å². The van der Waals surface area contributed by atoms with Crippen molar-refractivity contribution in [1.29, 1.82) is 0 Å². The number of aromatic nitrogens is 2. The summed E-state index contributed by atoms with van der Waals surface area (Å²) in [6.07, 6.45) is 1.75. The Kier molecular flexibility index (Phi) is 3.74. The van der Waals surface area contributed by atoms with E-state index < -0.39 is 5.41 Å². The third-order valence-corrected chi connectivity index (χ3v) is 2.93. The summed E-state index contributed by atoms with van der Waals surface area (Å²) in [5, 5.41) is 22.4. The molecule has 5 heteroatoms. The lowest BCUT2D eigenvalue weighted by Gasteiger charge is -2.24. The van der Waals surface area contributed by atoms with E-state index in [9.17, 15) is 10.2 Å².